The third-order valence-electron chi connectivity index (χ3n) is 3.86. The minimum Gasteiger partial charge on any atom is -0.144 e. The van der Waals surface area contributed by atoms with Crippen LogP contribution in [0.1, 0.15) is 45.6 Å². The lowest BCUT2D eigenvalue weighted by molar-refractivity contribution is 0.336. The van der Waals surface area contributed by atoms with Crippen molar-refractivity contribution in [3.05, 3.63) is 41.9 Å². The number of para-hydroxylation sites is 1. The van der Waals surface area contributed by atoms with E-state index in [-0.39, 0.29) is 10.5 Å². The molecule has 0 radical (unpaired) electrons. The maximum atomic E-state index is 14.3. The molecule has 1 aliphatic rings. The van der Waals surface area contributed by atoms with Crippen LogP contribution < -0.4 is 4.59 Å². The summed E-state index contributed by atoms with van der Waals surface area (Å²) in [5.41, 5.74) is 2.85. The number of allylic oxidation sites excluding steroid dienone is 1. The molecule has 108 valence electrons. The Labute approximate surface area is 121 Å². The minimum absolute atomic E-state index is 0.0928. The minimum atomic E-state index is -0.216. The standard InChI is InChI=1S/C17H24FN2/c1-12(2)10-13(3)15-8-6-7-9-16(15)20(5)17(18)11-14(4)19-20/h6-9,11-13H,10H2,1-5H3/q+1. The van der Waals surface area contributed by atoms with Crippen molar-refractivity contribution in [2.75, 3.05) is 7.05 Å². The summed E-state index contributed by atoms with van der Waals surface area (Å²) in [7, 11) is 1.81. The van der Waals surface area contributed by atoms with Gasteiger partial charge in [0, 0.05) is 11.6 Å². The highest BCUT2D eigenvalue weighted by Gasteiger charge is 2.39. The third-order valence-corrected chi connectivity index (χ3v) is 3.86. The third kappa shape index (κ3) is 2.68. The summed E-state index contributed by atoms with van der Waals surface area (Å²) in [4.78, 5) is 0. The van der Waals surface area contributed by atoms with E-state index in [0.717, 1.165) is 17.8 Å². The van der Waals surface area contributed by atoms with E-state index in [1.165, 1.54) is 11.6 Å². The molecule has 0 amide bonds. The molecule has 0 saturated heterocycles. The normalized spacial score (nSPS) is 23.8. The SMILES string of the molecule is CC1=N[N+](C)(c2ccccc2C(C)CC(C)C)C(F)=C1. The van der Waals surface area contributed by atoms with Gasteiger partial charge in [-0.05, 0) is 25.2 Å². The summed E-state index contributed by atoms with van der Waals surface area (Å²) in [6.45, 7) is 8.48. The number of benzene rings is 1. The van der Waals surface area contributed by atoms with Crippen molar-refractivity contribution in [2.45, 2.75) is 40.0 Å². The van der Waals surface area contributed by atoms with Crippen LogP contribution in [-0.2, 0) is 0 Å². The van der Waals surface area contributed by atoms with E-state index in [0.29, 0.717) is 11.8 Å². The Morgan fingerprint density at radius 3 is 2.40 bits per heavy atom. The van der Waals surface area contributed by atoms with Crippen LogP contribution in [0.4, 0.5) is 10.1 Å². The molecular weight excluding hydrogens is 251 g/mol. The first-order valence-corrected chi connectivity index (χ1v) is 7.25. The summed E-state index contributed by atoms with van der Waals surface area (Å²) in [5, 5.41) is 4.48. The van der Waals surface area contributed by atoms with Crippen molar-refractivity contribution in [1.29, 1.82) is 0 Å². The molecule has 0 saturated carbocycles. The van der Waals surface area contributed by atoms with E-state index in [9.17, 15) is 4.39 Å². The van der Waals surface area contributed by atoms with Gasteiger partial charge in [-0.15, -0.1) is 8.98 Å². The van der Waals surface area contributed by atoms with Crippen LogP contribution in [0.2, 0.25) is 0 Å². The summed E-state index contributed by atoms with van der Waals surface area (Å²) >= 11 is 0. The highest BCUT2D eigenvalue weighted by atomic mass is 19.1. The van der Waals surface area contributed by atoms with E-state index in [4.69, 9.17) is 0 Å². The van der Waals surface area contributed by atoms with Crippen molar-refractivity contribution in [2.24, 2.45) is 11.0 Å². The fourth-order valence-electron chi connectivity index (χ4n) is 2.99. The van der Waals surface area contributed by atoms with Gasteiger partial charge in [-0.2, -0.15) is 0 Å². The molecule has 2 rings (SSSR count). The summed E-state index contributed by atoms with van der Waals surface area (Å²) in [5.74, 6) is 0.796. The average molecular weight is 275 g/mol. The Balaban J connectivity index is 2.46. The van der Waals surface area contributed by atoms with Gasteiger partial charge in [0.2, 0.25) is 0 Å². The van der Waals surface area contributed by atoms with E-state index in [1.807, 2.05) is 32.2 Å². The molecule has 0 aromatic heterocycles. The molecular formula is C17H24FN2+. The zero-order valence-electron chi connectivity index (χ0n) is 13.0. The molecule has 2 nitrogen and oxygen atoms in total. The molecule has 0 fully saturated rings. The highest BCUT2D eigenvalue weighted by Crippen LogP contribution is 2.39. The predicted molar refractivity (Wildman–Crippen MR) is 84.3 cm³/mol. The molecule has 0 bridgehead atoms. The Bertz CT molecular complexity index is 560. The Morgan fingerprint density at radius 2 is 1.85 bits per heavy atom. The van der Waals surface area contributed by atoms with Crippen molar-refractivity contribution < 1.29 is 4.39 Å². The molecule has 0 aliphatic carbocycles. The maximum absolute atomic E-state index is 14.3. The van der Waals surface area contributed by atoms with Crippen molar-refractivity contribution >= 4 is 11.4 Å². The van der Waals surface area contributed by atoms with Gasteiger partial charge < -0.3 is 0 Å². The van der Waals surface area contributed by atoms with Gasteiger partial charge in [0.05, 0.1) is 6.08 Å². The topological polar surface area (TPSA) is 12.4 Å². The van der Waals surface area contributed by atoms with Gasteiger partial charge in [-0.3, -0.25) is 0 Å². The van der Waals surface area contributed by atoms with Crippen LogP contribution in [0.5, 0.6) is 0 Å². The second-order valence-corrected chi connectivity index (χ2v) is 6.26. The molecule has 20 heavy (non-hydrogen) atoms. The van der Waals surface area contributed by atoms with Crippen LogP contribution in [-0.4, -0.2) is 12.8 Å². The lowest BCUT2D eigenvalue weighted by Gasteiger charge is -2.26. The lowest BCUT2D eigenvalue weighted by atomic mass is 9.90. The van der Waals surface area contributed by atoms with Crippen molar-refractivity contribution in [3.8, 4) is 0 Å². The Kier molecular flexibility index (Phi) is 4.09. The van der Waals surface area contributed by atoms with E-state index in [1.54, 1.807) is 0 Å². The fourth-order valence-corrected chi connectivity index (χ4v) is 2.99. The molecule has 2 unspecified atom stereocenters. The second-order valence-electron chi connectivity index (χ2n) is 6.26. The molecule has 0 N–H and O–H groups in total. The maximum Gasteiger partial charge on any atom is 0.319 e. The van der Waals surface area contributed by atoms with Gasteiger partial charge in [-0.1, -0.05) is 44.1 Å². The second kappa shape index (κ2) is 5.49. The van der Waals surface area contributed by atoms with E-state index >= 15 is 0 Å². The quantitative estimate of drug-likeness (QED) is 0.543. The monoisotopic (exact) mass is 275 g/mol. The molecule has 1 aromatic rings. The first-order valence-electron chi connectivity index (χ1n) is 7.25. The molecule has 0 spiro atoms. The van der Waals surface area contributed by atoms with Gasteiger partial charge >= 0.3 is 5.95 Å². The average Bonchev–Trinajstić information content (AvgIpc) is 2.63. The van der Waals surface area contributed by atoms with Gasteiger partial charge in [-0.25, -0.2) is 0 Å². The van der Waals surface area contributed by atoms with Crippen LogP contribution in [0.25, 0.3) is 0 Å². The number of hydrogen-bond acceptors (Lipinski definition) is 1. The van der Waals surface area contributed by atoms with Gasteiger partial charge in [0.1, 0.15) is 12.8 Å². The number of halogens is 1. The first-order chi connectivity index (χ1) is 9.34. The van der Waals surface area contributed by atoms with Crippen LogP contribution in [0.15, 0.2) is 41.4 Å². The van der Waals surface area contributed by atoms with E-state index in [2.05, 4.69) is 31.9 Å². The largest absolute Gasteiger partial charge is 0.319 e. The molecule has 1 heterocycles. The number of nitrogens with zero attached hydrogens (tertiary/aromatic N) is 2. The smallest absolute Gasteiger partial charge is 0.144 e. The number of rotatable bonds is 4. The molecule has 3 heteroatoms. The van der Waals surface area contributed by atoms with Crippen LogP contribution in [0, 0.1) is 5.92 Å². The highest BCUT2D eigenvalue weighted by molar-refractivity contribution is 5.96. The zero-order chi connectivity index (χ0) is 14.9. The van der Waals surface area contributed by atoms with Crippen LogP contribution in [0.3, 0.4) is 0 Å². The number of hydrogen-bond donors (Lipinski definition) is 0. The van der Waals surface area contributed by atoms with Crippen LogP contribution >= 0.6 is 0 Å². The summed E-state index contributed by atoms with van der Waals surface area (Å²) in [6.07, 6.45) is 2.61. The van der Waals surface area contributed by atoms with E-state index < -0.39 is 0 Å². The molecule has 1 aliphatic heterocycles. The number of quaternary nitrogens is 1. The zero-order valence-corrected chi connectivity index (χ0v) is 13.0. The predicted octanol–water partition coefficient (Wildman–Crippen LogP) is 4.97. The summed E-state index contributed by atoms with van der Waals surface area (Å²) < 4.78 is 14.2. The van der Waals surface area contributed by atoms with Crippen molar-refractivity contribution in [1.82, 2.24) is 4.59 Å². The fraction of sp³-hybridized carbons (Fsp3) is 0.471. The lowest BCUT2D eigenvalue weighted by Crippen LogP contribution is -2.35. The Hall–Kier alpha value is -1.48. The Morgan fingerprint density at radius 1 is 1.20 bits per heavy atom. The first kappa shape index (κ1) is 14.9. The molecule has 1 aromatic carbocycles. The molecule has 2 atom stereocenters. The van der Waals surface area contributed by atoms with Gasteiger partial charge in [0.25, 0.3) is 0 Å². The van der Waals surface area contributed by atoms with Gasteiger partial charge in [0.15, 0.2) is 5.69 Å². The summed E-state index contributed by atoms with van der Waals surface area (Å²) in [6, 6.07) is 8.07. The van der Waals surface area contributed by atoms with Crippen molar-refractivity contribution in [3.63, 3.8) is 0 Å².